The van der Waals surface area contributed by atoms with E-state index in [1.165, 1.54) is 6.47 Å². The van der Waals surface area contributed by atoms with E-state index in [2.05, 4.69) is 17.0 Å². The molecule has 0 aliphatic heterocycles. The molecule has 0 fully saturated rings. The van der Waals surface area contributed by atoms with Crippen LogP contribution in [-0.2, 0) is 20.9 Å². The first-order valence-electron chi connectivity index (χ1n) is 6.28. The Hall–Kier alpha value is -2.04. The van der Waals surface area contributed by atoms with Crippen LogP contribution in [0, 0.1) is 0 Å². The highest BCUT2D eigenvalue weighted by atomic mass is 16.5. The van der Waals surface area contributed by atoms with Crippen LogP contribution in [0.1, 0.15) is 31.7 Å². The molecule has 19 heavy (non-hydrogen) atoms. The lowest BCUT2D eigenvalue weighted by Crippen LogP contribution is -2.14. The van der Waals surface area contributed by atoms with Crippen LogP contribution in [0.5, 0.6) is 0 Å². The van der Waals surface area contributed by atoms with Crippen molar-refractivity contribution in [3.63, 3.8) is 0 Å². The molecule has 5 heteroatoms. The Morgan fingerprint density at radius 1 is 1.26 bits per heavy atom. The Labute approximate surface area is 112 Å². The number of carbonyl (C=O) groups excluding carboxylic acids is 2. The normalized spacial score (nSPS) is 9.74. The molecule has 1 N–H and O–H groups in total. The zero-order valence-electron chi connectivity index (χ0n) is 11.0. The van der Waals surface area contributed by atoms with Crippen molar-refractivity contribution >= 4 is 18.3 Å². The third kappa shape index (κ3) is 6.45. The molecule has 1 amide bonds. The van der Waals surface area contributed by atoms with Gasteiger partial charge in [-0.05, 0) is 24.1 Å². The van der Waals surface area contributed by atoms with Gasteiger partial charge in [-0.25, -0.2) is 9.59 Å². The predicted octanol–water partition coefficient (Wildman–Crippen LogP) is 3.01. The molecule has 0 aromatic heterocycles. The van der Waals surface area contributed by atoms with E-state index in [1.54, 1.807) is 24.3 Å². The lowest BCUT2D eigenvalue weighted by atomic mass is 10.2. The number of anilines is 1. The molecule has 103 valence electrons. The Morgan fingerprint density at radius 2 is 2.00 bits per heavy atom. The molecular weight excluding hydrogens is 246 g/mol. The quantitative estimate of drug-likeness (QED) is 0.733. The zero-order chi connectivity index (χ0) is 13.9. The fraction of sp³-hybridized carbons (Fsp3) is 0.429. The Bertz CT molecular complexity index is 389. The van der Waals surface area contributed by atoms with Crippen molar-refractivity contribution < 1.29 is 19.1 Å². The summed E-state index contributed by atoms with van der Waals surface area (Å²) in [5.41, 5.74) is 1.46. The summed E-state index contributed by atoms with van der Waals surface area (Å²) >= 11 is 0. The molecule has 1 radical (unpaired) electrons. The van der Waals surface area contributed by atoms with Gasteiger partial charge in [0.2, 0.25) is 0 Å². The van der Waals surface area contributed by atoms with E-state index >= 15 is 0 Å². The first-order chi connectivity index (χ1) is 9.26. The first kappa shape index (κ1) is 15.0. The average Bonchev–Trinajstić information content (AvgIpc) is 2.43. The molecule has 1 aromatic rings. The number of ether oxygens (including phenoxy) is 2. The standard InChI is InChI=1S/C14H18NO4/c1-2-3-4-9-19-14(17)15-13-7-5-12(6-8-13)10-18-11-16/h5-8H,2-4,9-10H2,1H3,(H,15,17). The van der Waals surface area contributed by atoms with Gasteiger partial charge in [-0.2, -0.15) is 0 Å². The Balaban J connectivity index is 2.31. The van der Waals surface area contributed by atoms with E-state index in [-0.39, 0.29) is 6.61 Å². The summed E-state index contributed by atoms with van der Waals surface area (Å²) in [7, 11) is 0. The van der Waals surface area contributed by atoms with Gasteiger partial charge in [0.25, 0.3) is 0 Å². The summed E-state index contributed by atoms with van der Waals surface area (Å²) in [4.78, 5) is 21.3. The molecule has 1 aromatic carbocycles. The lowest BCUT2D eigenvalue weighted by Gasteiger charge is -2.07. The number of nitrogens with one attached hydrogen (secondary N) is 1. The molecule has 0 bridgehead atoms. The van der Waals surface area contributed by atoms with Gasteiger partial charge in [-0.1, -0.05) is 31.9 Å². The average molecular weight is 264 g/mol. The maximum absolute atomic E-state index is 11.4. The van der Waals surface area contributed by atoms with Crippen LogP contribution < -0.4 is 5.32 Å². The highest BCUT2D eigenvalue weighted by molar-refractivity contribution is 5.84. The third-order valence-corrected chi connectivity index (χ3v) is 2.48. The van der Waals surface area contributed by atoms with Gasteiger partial charge in [-0.15, -0.1) is 0 Å². The van der Waals surface area contributed by atoms with Crippen LogP contribution in [0.25, 0.3) is 0 Å². The zero-order valence-corrected chi connectivity index (χ0v) is 11.0. The molecule has 0 aliphatic carbocycles. The minimum Gasteiger partial charge on any atom is -0.452 e. The van der Waals surface area contributed by atoms with Crippen molar-refractivity contribution in [2.45, 2.75) is 32.8 Å². The number of unbranched alkanes of at least 4 members (excludes halogenated alkanes) is 2. The van der Waals surface area contributed by atoms with Crippen LogP contribution in [0.15, 0.2) is 24.3 Å². The molecule has 1 rings (SSSR count). The summed E-state index contributed by atoms with van der Waals surface area (Å²) in [5.74, 6) is 0. The second-order valence-corrected chi connectivity index (χ2v) is 4.04. The summed E-state index contributed by atoms with van der Waals surface area (Å²) in [6.45, 7) is 4.05. The van der Waals surface area contributed by atoms with Gasteiger partial charge in [0.1, 0.15) is 6.61 Å². The number of benzene rings is 1. The number of amides is 1. The van der Waals surface area contributed by atoms with E-state index in [4.69, 9.17) is 4.74 Å². The molecular formula is C14H18NO4. The van der Waals surface area contributed by atoms with Crippen LogP contribution in [-0.4, -0.2) is 19.2 Å². The topological polar surface area (TPSA) is 64.6 Å². The van der Waals surface area contributed by atoms with E-state index in [9.17, 15) is 9.59 Å². The second kappa shape index (κ2) is 8.97. The van der Waals surface area contributed by atoms with Gasteiger partial charge >= 0.3 is 12.6 Å². The lowest BCUT2D eigenvalue weighted by molar-refractivity contribution is 0.159. The molecule has 0 unspecified atom stereocenters. The third-order valence-electron chi connectivity index (χ3n) is 2.48. The highest BCUT2D eigenvalue weighted by Crippen LogP contribution is 2.10. The van der Waals surface area contributed by atoms with Gasteiger partial charge in [-0.3, -0.25) is 5.32 Å². The minimum atomic E-state index is -0.457. The van der Waals surface area contributed by atoms with Crippen LogP contribution in [0.4, 0.5) is 10.5 Å². The van der Waals surface area contributed by atoms with E-state index < -0.39 is 6.09 Å². The molecule has 0 aliphatic rings. The van der Waals surface area contributed by atoms with Crippen molar-refractivity contribution in [1.29, 1.82) is 0 Å². The first-order valence-corrected chi connectivity index (χ1v) is 6.28. The maximum atomic E-state index is 11.4. The summed E-state index contributed by atoms with van der Waals surface area (Å²) in [6.07, 6.45) is 2.56. The summed E-state index contributed by atoms with van der Waals surface area (Å²) in [6, 6.07) is 6.95. The number of hydrogen-bond donors (Lipinski definition) is 1. The molecule has 0 heterocycles. The number of rotatable bonds is 8. The number of carbonyl (C=O) groups is 1. The Kier molecular flexibility index (Phi) is 7.09. The van der Waals surface area contributed by atoms with Crippen LogP contribution in [0.3, 0.4) is 0 Å². The minimum absolute atomic E-state index is 0.172. The fourth-order valence-electron chi connectivity index (χ4n) is 1.47. The van der Waals surface area contributed by atoms with Crippen molar-refractivity contribution in [1.82, 2.24) is 0 Å². The van der Waals surface area contributed by atoms with Crippen LogP contribution in [0.2, 0.25) is 0 Å². The van der Waals surface area contributed by atoms with Gasteiger partial charge in [0.05, 0.1) is 6.61 Å². The van der Waals surface area contributed by atoms with Crippen molar-refractivity contribution in [3.05, 3.63) is 29.8 Å². The number of hydrogen-bond acceptors (Lipinski definition) is 4. The van der Waals surface area contributed by atoms with E-state index in [1.807, 2.05) is 0 Å². The second-order valence-electron chi connectivity index (χ2n) is 4.04. The van der Waals surface area contributed by atoms with E-state index in [0.29, 0.717) is 12.3 Å². The molecule has 5 nitrogen and oxygen atoms in total. The van der Waals surface area contributed by atoms with Gasteiger partial charge < -0.3 is 9.47 Å². The smallest absolute Gasteiger partial charge is 0.417 e. The fourth-order valence-corrected chi connectivity index (χ4v) is 1.47. The summed E-state index contributed by atoms with van der Waals surface area (Å²) in [5, 5.41) is 2.62. The van der Waals surface area contributed by atoms with Crippen molar-refractivity contribution in [2.24, 2.45) is 0 Å². The molecule has 0 saturated heterocycles. The predicted molar refractivity (Wildman–Crippen MR) is 71.4 cm³/mol. The van der Waals surface area contributed by atoms with E-state index in [0.717, 1.165) is 24.8 Å². The maximum Gasteiger partial charge on any atom is 0.417 e. The molecule has 0 atom stereocenters. The highest BCUT2D eigenvalue weighted by Gasteiger charge is 2.02. The Morgan fingerprint density at radius 3 is 2.63 bits per heavy atom. The van der Waals surface area contributed by atoms with Crippen molar-refractivity contribution in [2.75, 3.05) is 11.9 Å². The SMILES string of the molecule is CCCCCOC(=O)Nc1ccc(CO[C]=O)cc1. The monoisotopic (exact) mass is 264 g/mol. The van der Waals surface area contributed by atoms with Crippen molar-refractivity contribution in [3.8, 4) is 0 Å². The van der Waals surface area contributed by atoms with Gasteiger partial charge in [0.15, 0.2) is 0 Å². The summed E-state index contributed by atoms with van der Waals surface area (Å²) < 4.78 is 9.52. The van der Waals surface area contributed by atoms with Gasteiger partial charge in [0, 0.05) is 5.69 Å². The molecule has 0 saturated carbocycles. The molecule has 0 spiro atoms. The largest absolute Gasteiger partial charge is 0.452 e. The van der Waals surface area contributed by atoms with Crippen LogP contribution >= 0.6 is 0 Å².